The van der Waals surface area contributed by atoms with Gasteiger partial charge in [0.1, 0.15) is 16.4 Å². The van der Waals surface area contributed by atoms with Crippen LogP contribution in [0.3, 0.4) is 0 Å². The molecule has 2 N–H and O–H groups in total. The number of carboxylic acid groups (broad SMARTS) is 1. The number of nitrogens with one attached hydrogen (secondary N) is 1. The Balaban J connectivity index is 2.27. The summed E-state index contributed by atoms with van der Waals surface area (Å²) in [6.45, 7) is 2.00. The van der Waals surface area contributed by atoms with Crippen LogP contribution in [-0.2, 0) is 11.8 Å². The highest BCUT2D eigenvalue weighted by atomic mass is 35.5. The highest BCUT2D eigenvalue weighted by Gasteiger charge is 2.43. The quantitative estimate of drug-likeness (QED) is 0.893. The van der Waals surface area contributed by atoms with Crippen LogP contribution in [0.5, 0.6) is 0 Å². The monoisotopic (exact) mass is 332 g/mol. The molecule has 0 saturated heterocycles. The van der Waals surface area contributed by atoms with Gasteiger partial charge in [-0.2, -0.15) is 0 Å². The highest BCUT2D eigenvalue weighted by molar-refractivity contribution is 6.41. The summed E-state index contributed by atoms with van der Waals surface area (Å²) in [5, 5.41) is 12.8. The minimum absolute atomic E-state index is 0.253. The van der Waals surface area contributed by atoms with E-state index in [4.69, 9.17) is 23.2 Å². The van der Waals surface area contributed by atoms with Crippen molar-refractivity contribution in [2.45, 2.75) is 38.1 Å². The summed E-state index contributed by atoms with van der Waals surface area (Å²) in [7, 11) is 1.61. The second kappa shape index (κ2) is 5.89. The van der Waals surface area contributed by atoms with E-state index in [-0.39, 0.29) is 21.8 Å². The van der Waals surface area contributed by atoms with E-state index in [0.29, 0.717) is 12.8 Å². The van der Waals surface area contributed by atoms with Crippen molar-refractivity contribution in [2.75, 3.05) is 0 Å². The molecule has 7 heteroatoms. The number of rotatable bonds is 3. The van der Waals surface area contributed by atoms with Crippen LogP contribution >= 0.6 is 23.2 Å². The van der Waals surface area contributed by atoms with Crippen LogP contribution in [0.25, 0.3) is 0 Å². The Morgan fingerprint density at radius 3 is 2.62 bits per heavy atom. The fraction of sp³-hybridized carbons (Fsp3) is 0.571. The van der Waals surface area contributed by atoms with Crippen molar-refractivity contribution in [3.63, 3.8) is 0 Å². The molecular formula is C14H18Cl2N2O3. The molecule has 2 unspecified atom stereocenters. The maximum absolute atomic E-state index is 12.4. The average molecular weight is 333 g/mol. The molecule has 0 aliphatic heterocycles. The second-order valence-corrected chi connectivity index (χ2v) is 6.54. The van der Waals surface area contributed by atoms with Gasteiger partial charge >= 0.3 is 5.97 Å². The Morgan fingerprint density at radius 2 is 2.14 bits per heavy atom. The van der Waals surface area contributed by atoms with Gasteiger partial charge in [0.05, 0.1) is 5.02 Å². The third kappa shape index (κ3) is 3.04. The number of carbonyl (C=O) groups is 2. The van der Waals surface area contributed by atoms with Crippen molar-refractivity contribution >= 4 is 35.1 Å². The lowest BCUT2D eigenvalue weighted by atomic mass is 9.76. The topological polar surface area (TPSA) is 71.3 Å². The third-order valence-electron chi connectivity index (χ3n) is 4.11. The van der Waals surface area contributed by atoms with Crippen LogP contribution in [0.4, 0.5) is 0 Å². The summed E-state index contributed by atoms with van der Waals surface area (Å²) in [4.78, 5) is 24.1. The van der Waals surface area contributed by atoms with Crippen LogP contribution in [0.1, 0.15) is 43.1 Å². The van der Waals surface area contributed by atoms with Crippen LogP contribution in [-0.4, -0.2) is 27.1 Å². The molecule has 2 atom stereocenters. The summed E-state index contributed by atoms with van der Waals surface area (Å²) < 4.78 is 1.45. The molecule has 1 saturated carbocycles. The first-order valence-corrected chi connectivity index (χ1v) is 7.59. The molecule has 1 amide bonds. The van der Waals surface area contributed by atoms with Gasteiger partial charge in [0, 0.05) is 7.05 Å². The number of nitrogens with zero attached hydrogens (tertiary/aromatic N) is 1. The zero-order chi connectivity index (χ0) is 15.8. The van der Waals surface area contributed by atoms with E-state index in [1.807, 2.05) is 6.92 Å². The summed E-state index contributed by atoms with van der Waals surface area (Å²) >= 11 is 11.8. The standard InChI is InChI=1S/C14H18Cl2N2O3/c1-8-4-3-5-14(7-8,13(20)21)17-12(19)10-6-9(15)11(16)18(10)2/h6,8H,3-5,7H2,1-2H3,(H,17,19)(H,20,21). The third-order valence-corrected chi connectivity index (χ3v) is 4.95. The van der Waals surface area contributed by atoms with E-state index in [1.54, 1.807) is 7.05 Å². The Labute approximate surface area is 133 Å². The summed E-state index contributed by atoms with van der Waals surface area (Å²) in [5.74, 6) is -1.20. The van der Waals surface area contributed by atoms with Crippen LogP contribution < -0.4 is 5.32 Å². The van der Waals surface area contributed by atoms with Gasteiger partial charge in [0.2, 0.25) is 0 Å². The lowest BCUT2D eigenvalue weighted by Crippen LogP contribution is -2.57. The molecule has 1 aliphatic carbocycles. The number of aromatic nitrogens is 1. The molecule has 0 radical (unpaired) electrons. The molecule has 0 aromatic carbocycles. The van der Waals surface area contributed by atoms with E-state index >= 15 is 0 Å². The highest BCUT2D eigenvalue weighted by Crippen LogP contribution is 2.33. The molecule has 1 fully saturated rings. The van der Waals surface area contributed by atoms with Gasteiger partial charge in [0.15, 0.2) is 0 Å². The lowest BCUT2D eigenvalue weighted by Gasteiger charge is -2.37. The van der Waals surface area contributed by atoms with E-state index in [2.05, 4.69) is 5.32 Å². The lowest BCUT2D eigenvalue weighted by molar-refractivity contribution is -0.146. The normalized spacial score (nSPS) is 25.6. The molecule has 1 aromatic rings. The van der Waals surface area contributed by atoms with E-state index in [0.717, 1.165) is 12.8 Å². The van der Waals surface area contributed by atoms with Crippen LogP contribution in [0.15, 0.2) is 6.07 Å². The minimum atomic E-state index is -1.21. The average Bonchev–Trinajstić information content (AvgIpc) is 2.66. The molecule has 1 heterocycles. The fourth-order valence-electron chi connectivity index (χ4n) is 2.95. The fourth-order valence-corrected chi connectivity index (χ4v) is 3.33. The Bertz CT molecular complexity index is 585. The largest absolute Gasteiger partial charge is 0.480 e. The maximum atomic E-state index is 12.4. The molecule has 116 valence electrons. The van der Waals surface area contributed by atoms with Crippen molar-refractivity contribution < 1.29 is 14.7 Å². The SMILES string of the molecule is CC1CCCC(NC(=O)c2cc(Cl)c(Cl)n2C)(C(=O)O)C1. The van der Waals surface area contributed by atoms with Crippen LogP contribution in [0.2, 0.25) is 10.2 Å². The van der Waals surface area contributed by atoms with Crippen molar-refractivity contribution in [1.29, 1.82) is 0 Å². The number of carbonyl (C=O) groups excluding carboxylic acids is 1. The first-order chi connectivity index (χ1) is 9.77. The van der Waals surface area contributed by atoms with Gasteiger partial charge in [-0.3, -0.25) is 4.79 Å². The van der Waals surface area contributed by atoms with Crippen molar-refractivity contribution in [3.8, 4) is 0 Å². The predicted octanol–water partition coefficient (Wildman–Crippen LogP) is 3.10. The van der Waals surface area contributed by atoms with Gasteiger partial charge in [-0.15, -0.1) is 0 Å². The van der Waals surface area contributed by atoms with Crippen molar-refractivity contribution in [3.05, 3.63) is 21.9 Å². The zero-order valence-electron chi connectivity index (χ0n) is 11.9. The molecule has 2 rings (SSSR count). The number of halogens is 2. The second-order valence-electron chi connectivity index (χ2n) is 5.77. The molecule has 0 spiro atoms. The van der Waals surface area contributed by atoms with E-state index < -0.39 is 17.4 Å². The van der Waals surface area contributed by atoms with Gasteiger partial charge in [-0.05, 0) is 24.8 Å². The maximum Gasteiger partial charge on any atom is 0.329 e. The first kappa shape index (κ1) is 16.2. The Kier molecular flexibility index (Phi) is 4.54. The Hall–Kier alpha value is -1.20. The van der Waals surface area contributed by atoms with Gasteiger partial charge < -0.3 is 15.0 Å². The van der Waals surface area contributed by atoms with E-state index in [1.165, 1.54) is 10.6 Å². The minimum Gasteiger partial charge on any atom is -0.480 e. The molecule has 21 heavy (non-hydrogen) atoms. The number of carboxylic acids is 1. The molecule has 0 bridgehead atoms. The summed E-state index contributed by atoms with van der Waals surface area (Å²) in [5.41, 5.74) is -0.957. The summed E-state index contributed by atoms with van der Waals surface area (Å²) in [6, 6.07) is 1.45. The molecule has 5 nitrogen and oxygen atoms in total. The zero-order valence-corrected chi connectivity index (χ0v) is 13.5. The number of hydrogen-bond donors (Lipinski definition) is 2. The van der Waals surface area contributed by atoms with Gasteiger partial charge in [-0.25, -0.2) is 4.79 Å². The smallest absolute Gasteiger partial charge is 0.329 e. The first-order valence-electron chi connectivity index (χ1n) is 6.83. The summed E-state index contributed by atoms with van der Waals surface area (Å²) in [6.07, 6.45) is 2.62. The van der Waals surface area contributed by atoms with Gasteiger partial charge in [-0.1, -0.05) is 43.0 Å². The van der Waals surface area contributed by atoms with Crippen molar-refractivity contribution in [2.24, 2.45) is 13.0 Å². The number of aliphatic carboxylic acids is 1. The Morgan fingerprint density at radius 1 is 1.48 bits per heavy atom. The number of hydrogen-bond acceptors (Lipinski definition) is 2. The number of amides is 1. The predicted molar refractivity (Wildman–Crippen MR) is 80.9 cm³/mol. The van der Waals surface area contributed by atoms with Crippen molar-refractivity contribution in [1.82, 2.24) is 9.88 Å². The van der Waals surface area contributed by atoms with Gasteiger partial charge in [0.25, 0.3) is 5.91 Å². The molecule has 1 aromatic heterocycles. The molecule has 1 aliphatic rings. The molecular weight excluding hydrogens is 315 g/mol. The van der Waals surface area contributed by atoms with Crippen LogP contribution in [0, 0.1) is 5.92 Å². The van der Waals surface area contributed by atoms with E-state index in [9.17, 15) is 14.7 Å².